The molecule has 0 unspecified atom stereocenters. The molecule has 1 atom stereocenters. The molecule has 0 aliphatic carbocycles. The molecule has 2 rings (SSSR count). The topological polar surface area (TPSA) is 64.4 Å². The van der Waals surface area contributed by atoms with Crippen molar-refractivity contribution >= 4 is 34.2 Å². The van der Waals surface area contributed by atoms with Gasteiger partial charge in [-0.1, -0.05) is 28.1 Å². The largest absolute Gasteiger partial charge is 0.381 e. The van der Waals surface area contributed by atoms with Gasteiger partial charge in [-0.2, -0.15) is 0 Å². The zero-order valence-corrected chi connectivity index (χ0v) is 14.5. The first-order valence-corrected chi connectivity index (χ1v) is 7.70. The summed E-state index contributed by atoms with van der Waals surface area (Å²) in [6.07, 6.45) is 1.82. The van der Waals surface area contributed by atoms with E-state index in [2.05, 4.69) is 33.4 Å². The molecule has 1 amide bonds. The summed E-state index contributed by atoms with van der Waals surface area (Å²) in [4.78, 5) is 11.7. The summed E-state index contributed by atoms with van der Waals surface area (Å²) >= 11 is 3.46. The Morgan fingerprint density at radius 3 is 2.48 bits per heavy atom. The third-order valence-corrected chi connectivity index (χ3v) is 4.45. The molecule has 1 aromatic carbocycles. The van der Waals surface area contributed by atoms with E-state index in [-0.39, 0.29) is 23.7 Å². The molecule has 118 valence electrons. The van der Waals surface area contributed by atoms with Crippen molar-refractivity contribution in [2.45, 2.75) is 31.2 Å². The molecular formula is C15H22BrClN2O2. The number of rotatable bonds is 4. The molecule has 0 aromatic heterocycles. The number of amides is 1. The fourth-order valence-electron chi connectivity index (χ4n) is 2.55. The van der Waals surface area contributed by atoms with Gasteiger partial charge in [0, 0.05) is 29.6 Å². The van der Waals surface area contributed by atoms with Crippen LogP contribution in [0.25, 0.3) is 0 Å². The number of hydrogen-bond donors (Lipinski definition) is 2. The highest BCUT2D eigenvalue weighted by Crippen LogP contribution is 2.34. The van der Waals surface area contributed by atoms with Gasteiger partial charge in [0.25, 0.3) is 0 Å². The number of carbonyl (C=O) groups excluding carboxylic acids is 1. The maximum Gasteiger partial charge on any atom is 0.236 e. The van der Waals surface area contributed by atoms with Gasteiger partial charge in [-0.25, -0.2) is 0 Å². The van der Waals surface area contributed by atoms with E-state index in [0.717, 1.165) is 30.5 Å². The summed E-state index contributed by atoms with van der Waals surface area (Å²) in [5.74, 6) is -0.104. The van der Waals surface area contributed by atoms with E-state index < -0.39 is 6.04 Å². The highest BCUT2D eigenvalue weighted by Gasteiger charge is 2.34. The van der Waals surface area contributed by atoms with Gasteiger partial charge in [0.2, 0.25) is 5.91 Å². The van der Waals surface area contributed by atoms with Crippen LogP contribution in [-0.4, -0.2) is 31.7 Å². The predicted molar refractivity (Wildman–Crippen MR) is 89.8 cm³/mol. The van der Waals surface area contributed by atoms with Gasteiger partial charge in [0.15, 0.2) is 0 Å². The van der Waals surface area contributed by atoms with Gasteiger partial charge in [-0.05, 0) is 37.5 Å². The van der Waals surface area contributed by atoms with Crippen LogP contribution in [-0.2, 0) is 14.9 Å². The van der Waals surface area contributed by atoms with E-state index in [4.69, 9.17) is 10.5 Å². The predicted octanol–water partition coefficient (Wildman–Crippen LogP) is 2.38. The van der Waals surface area contributed by atoms with Crippen molar-refractivity contribution in [3.8, 4) is 0 Å². The second-order valence-electron chi connectivity index (χ2n) is 5.41. The van der Waals surface area contributed by atoms with Crippen molar-refractivity contribution in [3.63, 3.8) is 0 Å². The smallest absolute Gasteiger partial charge is 0.236 e. The molecule has 1 fully saturated rings. The highest BCUT2D eigenvalue weighted by molar-refractivity contribution is 9.10. The fraction of sp³-hybridized carbons (Fsp3) is 0.533. The number of halogens is 2. The third kappa shape index (κ3) is 4.68. The van der Waals surface area contributed by atoms with Crippen LogP contribution in [0.3, 0.4) is 0 Å². The van der Waals surface area contributed by atoms with Crippen LogP contribution >= 0.6 is 28.3 Å². The Hall–Kier alpha value is -0.620. The minimum absolute atomic E-state index is 0. The molecular weight excluding hydrogens is 356 g/mol. The lowest BCUT2D eigenvalue weighted by Gasteiger charge is -2.38. The van der Waals surface area contributed by atoms with Crippen LogP contribution in [0.2, 0.25) is 0 Å². The first-order valence-electron chi connectivity index (χ1n) is 6.91. The summed E-state index contributed by atoms with van der Waals surface area (Å²) in [7, 11) is 0. The van der Waals surface area contributed by atoms with Crippen LogP contribution < -0.4 is 11.1 Å². The van der Waals surface area contributed by atoms with E-state index >= 15 is 0 Å². The summed E-state index contributed by atoms with van der Waals surface area (Å²) < 4.78 is 6.54. The number of ether oxygens (including phenoxy) is 1. The zero-order valence-electron chi connectivity index (χ0n) is 12.1. The van der Waals surface area contributed by atoms with E-state index in [1.165, 1.54) is 5.56 Å². The number of carbonyl (C=O) groups is 1. The van der Waals surface area contributed by atoms with Crippen molar-refractivity contribution in [2.24, 2.45) is 5.73 Å². The lowest BCUT2D eigenvalue weighted by molar-refractivity contribution is -0.122. The lowest BCUT2D eigenvalue weighted by Crippen LogP contribution is -2.48. The Bertz CT molecular complexity index is 459. The van der Waals surface area contributed by atoms with Gasteiger partial charge in [0.05, 0.1) is 6.04 Å². The molecule has 1 aromatic rings. The fourth-order valence-corrected chi connectivity index (χ4v) is 2.81. The third-order valence-electron chi connectivity index (χ3n) is 3.92. The van der Waals surface area contributed by atoms with E-state index in [1.54, 1.807) is 6.92 Å². The van der Waals surface area contributed by atoms with E-state index in [0.29, 0.717) is 6.54 Å². The minimum Gasteiger partial charge on any atom is -0.381 e. The molecule has 21 heavy (non-hydrogen) atoms. The standard InChI is InChI=1S/C15H21BrN2O2.ClH/c1-11(17)14(19)18-10-15(6-8-20-9-7-15)12-2-4-13(16)5-3-12;/h2-5,11H,6-10,17H2,1H3,(H,18,19);1H/t11-;/m1./s1. The first-order chi connectivity index (χ1) is 9.53. The molecule has 1 aliphatic heterocycles. The maximum absolute atomic E-state index is 11.7. The molecule has 0 radical (unpaired) electrons. The highest BCUT2D eigenvalue weighted by atomic mass is 79.9. The molecule has 4 nitrogen and oxygen atoms in total. The second-order valence-corrected chi connectivity index (χ2v) is 6.32. The summed E-state index contributed by atoms with van der Waals surface area (Å²) in [5.41, 5.74) is 6.80. The molecule has 0 saturated carbocycles. The quantitative estimate of drug-likeness (QED) is 0.847. The zero-order chi connectivity index (χ0) is 14.6. The Balaban J connectivity index is 0.00000220. The van der Waals surface area contributed by atoms with Crippen molar-refractivity contribution < 1.29 is 9.53 Å². The molecule has 0 spiro atoms. The van der Waals surface area contributed by atoms with Crippen LogP contribution in [0.4, 0.5) is 0 Å². The summed E-state index contributed by atoms with van der Waals surface area (Å²) in [6.45, 7) is 3.76. The van der Waals surface area contributed by atoms with Crippen molar-refractivity contribution in [1.29, 1.82) is 0 Å². The lowest BCUT2D eigenvalue weighted by atomic mass is 9.74. The molecule has 1 saturated heterocycles. The Labute approximate surface area is 140 Å². The van der Waals surface area contributed by atoms with Gasteiger partial charge < -0.3 is 15.8 Å². The van der Waals surface area contributed by atoms with Gasteiger partial charge in [0.1, 0.15) is 0 Å². The number of nitrogens with two attached hydrogens (primary N) is 1. The van der Waals surface area contributed by atoms with Gasteiger partial charge in [-0.15, -0.1) is 12.4 Å². The van der Waals surface area contributed by atoms with Crippen LogP contribution in [0, 0.1) is 0 Å². The number of nitrogens with one attached hydrogen (secondary N) is 1. The number of benzene rings is 1. The maximum atomic E-state index is 11.7. The van der Waals surface area contributed by atoms with Crippen molar-refractivity contribution in [1.82, 2.24) is 5.32 Å². The Morgan fingerprint density at radius 2 is 1.95 bits per heavy atom. The minimum atomic E-state index is -0.475. The molecule has 1 heterocycles. The monoisotopic (exact) mass is 376 g/mol. The normalized spacial score (nSPS) is 18.4. The average Bonchev–Trinajstić information content (AvgIpc) is 2.46. The molecule has 6 heteroatoms. The number of hydrogen-bond acceptors (Lipinski definition) is 3. The Morgan fingerprint density at radius 1 is 1.38 bits per heavy atom. The van der Waals surface area contributed by atoms with Gasteiger partial charge in [-0.3, -0.25) is 4.79 Å². The second kappa shape index (κ2) is 8.13. The summed E-state index contributed by atoms with van der Waals surface area (Å²) in [6, 6.07) is 7.84. The average molecular weight is 378 g/mol. The van der Waals surface area contributed by atoms with E-state index in [9.17, 15) is 4.79 Å². The van der Waals surface area contributed by atoms with Gasteiger partial charge >= 0.3 is 0 Å². The molecule has 1 aliphatic rings. The van der Waals surface area contributed by atoms with E-state index in [1.807, 2.05) is 12.1 Å². The molecule has 0 bridgehead atoms. The van der Waals surface area contributed by atoms with Crippen LogP contribution in [0.1, 0.15) is 25.3 Å². The molecule has 3 N–H and O–H groups in total. The summed E-state index contributed by atoms with van der Waals surface area (Å²) in [5, 5.41) is 2.97. The van der Waals surface area contributed by atoms with Crippen molar-refractivity contribution in [3.05, 3.63) is 34.3 Å². The van der Waals surface area contributed by atoms with Crippen LogP contribution in [0.5, 0.6) is 0 Å². The first kappa shape index (κ1) is 18.4. The van der Waals surface area contributed by atoms with Crippen molar-refractivity contribution in [2.75, 3.05) is 19.8 Å². The Kier molecular flexibility index (Phi) is 7.13. The SMILES string of the molecule is C[C@@H](N)C(=O)NCC1(c2ccc(Br)cc2)CCOCC1.Cl. The van der Waals surface area contributed by atoms with Crippen LogP contribution in [0.15, 0.2) is 28.7 Å².